The maximum absolute atomic E-state index is 5.21. The van der Waals surface area contributed by atoms with E-state index in [0.717, 1.165) is 66.6 Å². The van der Waals surface area contributed by atoms with E-state index >= 15 is 0 Å². The lowest BCUT2D eigenvalue weighted by atomic mass is 9.88. The van der Waals surface area contributed by atoms with Crippen molar-refractivity contribution < 1.29 is 8.83 Å². The molecule has 0 N–H and O–H groups in total. The van der Waals surface area contributed by atoms with Crippen molar-refractivity contribution in [1.82, 2.24) is 19.9 Å². The van der Waals surface area contributed by atoms with Gasteiger partial charge in [0.25, 0.3) is 0 Å². The minimum atomic E-state index is 0.776. The fourth-order valence-corrected chi connectivity index (χ4v) is 4.84. The van der Waals surface area contributed by atoms with Gasteiger partial charge in [0.05, 0.1) is 11.4 Å². The molecule has 0 saturated heterocycles. The van der Waals surface area contributed by atoms with Crippen LogP contribution in [0.25, 0.3) is 66.6 Å². The molecule has 6 heteroatoms. The second kappa shape index (κ2) is 8.29. The van der Waals surface area contributed by atoms with Crippen LogP contribution >= 0.6 is 0 Å². The number of rotatable bonds is 4. The topological polar surface area (TPSA) is 77.8 Å². The van der Waals surface area contributed by atoms with Gasteiger partial charge in [-0.2, -0.15) is 0 Å². The monoisotopic (exact) mass is 466 g/mol. The standard InChI is InChI=1S/C30H18N4O2/c1-2-6-22-21(5-1)29(25-13-19(9-11-31-25)27-15-35-17-33-27)23-7-3-4-8-24(23)30(22)26-14-20(10-12-32-26)28-16-36-18-34-28/h1-18H. The van der Waals surface area contributed by atoms with Crippen LogP contribution in [0, 0.1) is 0 Å². The van der Waals surface area contributed by atoms with E-state index < -0.39 is 0 Å². The molecule has 0 spiro atoms. The summed E-state index contributed by atoms with van der Waals surface area (Å²) in [5.74, 6) is 0. The van der Waals surface area contributed by atoms with Crippen LogP contribution in [-0.2, 0) is 0 Å². The minimum Gasteiger partial charge on any atom is -0.451 e. The van der Waals surface area contributed by atoms with Gasteiger partial charge in [0.1, 0.15) is 23.9 Å². The van der Waals surface area contributed by atoms with Gasteiger partial charge in [-0.25, -0.2) is 9.97 Å². The van der Waals surface area contributed by atoms with E-state index in [1.54, 1.807) is 12.5 Å². The quantitative estimate of drug-likeness (QED) is 0.251. The molecule has 0 aliphatic carbocycles. The Hall–Kier alpha value is -5.10. The molecule has 0 atom stereocenters. The zero-order chi connectivity index (χ0) is 23.9. The molecule has 170 valence electrons. The molecule has 36 heavy (non-hydrogen) atoms. The first-order valence-corrected chi connectivity index (χ1v) is 11.5. The van der Waals surface area contributed by atoms with Gasteiger partial charge in [-0.1, -0.05) is 48.5 Å². The van der Waals surface area contributed by atoms with E-state index in [1.165, 1.54) is 12.8 Å². The molecule has 0 aliphatic heterocycles. The van der Waals surface area contributed by atoms with E-state index in [9.17, 15) is 0 Å². The molecule has 4 aromatic heterocycles. The van der Waals surface area contributed by atoms with E-state index in [1.807, 2.05) is 24.5 Å². The van der Waals surface area contributed by atoms with Crippen molar-refractivity contribution in [2.45, 2.75) is 0 Å². The van der Waals surface area contributed by atoms with Gasteiger partial charge in [0, 0.05) is 34.6 Å². The van der Waals surface area contributed by atoms with Crippen LogP contribution in [0.15, 0.2) is 119 Å². The predicted octanol–water partition coefficient (Wildman–Crippen LogP) is 7.43. The molecule has 0 saturated carbocycles. The van der Waals surface area contributed by atoms with Gasteiger partial charge in [0.2, 0.25) is 0 Å². The Morgan fingerprint density at radius 1 is 0.444 bits per heavy atom. The Bertz CT molecular complexity index is 1650. The lowest BCUT2D eigenvalue weighted by molar-refractivity contribution is 0.558. The minimum absolute atomic E-state index is 0.776. The summed E-state index contributed by atoms with van der Waals surface area (Å²) in [6.45, 7) is 0. The zero-order valence-electron chi connectivity index (χ0n) is 19.0. The van der Waals surface area contributed by atoms with Gasteiger partial charge in [-0.3, -0.25) is 9.97 Å². The first-order chi connectivity index (χ1) is 17.9. The molecule has 0 bridgehead atoms. The molecule has 3 aromatic carbocycles. The molecule has 0 aliphatic rings. The summed E-state index contributed by atoms with van der Waals surface area (Å²) in [5, 5.41) is 4.41. The third kappa shape index (κ3) is 3.27. The number of hydrogen-bond donors (Lipinski definition) is 0. The van der Waals surface area contributed by atoms with Crippen LogP contribution in [0.5, 0.6) is 0 Å². The number of pyridine rings is 2. The maximum atomic E-state index is 5.21. The van der Waals surface area contributed by atoms with Gasteiger partial charge in [0.15, 0.2) is 12.8 Å². The van der Waals surface area contributed by atoms with Crippen molar-refractivity contribution in [2.24, 2.45) is 0 Å². The lowest BCUT2D eigenvalue weighted by Crippen LogP contribution is -1.94. The van der Waals surface area contributed by atoms with Crippen molar-refractivity contribution in [1.29, 1.82) is 0 Å². The maximum Gasteiger partial charge on any atom is 0.181 e. The average molecular weight is 467 g/mol. The number of oxazole rings is 2. The average Bonchev–Trinajstić information content (AvgIpc) is 3.67. The highest BCUT2D eigenvalue weighted by Crippen LogP contribution is 2.43. The highest BCUT2D eigenvalue weighted by atomic mass is 16.3. The predicted molar refractivity (Wildman–Crippen MR) is 139 cm³/mol. The second-order valence-corrected chi connectivity index (χ2v) is 8.45. The molecule has 4 heterocycles. The molecule has 7 rings (SSSR count). The van der Waals surface area contributed by atoms with Gasteiger partial charge < -0.3 is 8.83 Å². The van der Waals surface area contributed by atoms with Gasteiger partial charge >= 0.3 is 0 Å². The van der Waals surface area contributed by atoms with Crippen molar-refractivity contribution in [3.05, 3.63) is 111 Å². The summed E-state index contributed by atoms with van der Waals surface area (Å²) < 4.78 is 10.4. The SMILES string of the molecule is c1ccc2c(-c3cc(-c4cocn4)ccn3)c3ccccc3c(-c3cc(-c4cocn4)ccn3)c2c1. The summed E-state index contributed by atoms with van der Waals surface area (Å²) in [7, 11) is 0. The fraction of sp³-hybridized carbons (Fsp3) is 0. The van der Waals surface area contributed by atoms with Crippen LogP contribution in [0.2, 0.25) is 0 Å². The summed E-state index contributed by atoms with van der Waals surface area (Å²) in [4.78, 5) is 18.2. The van der Waals surface area contributed by atoms with Crippen molar-refractivity contribution in [3.8, 4) is 45.0 Å². The van der Waals surface area contributed by atoms with Crippen molar-refractivity contribution in [2.75, 3.05) is 0 Å². The smallest absolute Gasteiger partial charge is 0.181 e. The largest absolute Gasteiger partial charge is 0.451 e. The molecule has 0 unspecified atom stereocenters. The zero-order valence-corrected chi connectivity index (χ0v) is 19.0. The van der Waals surface area contributed by atoms with Gasteiger partial charge in [-0.15, -0.1) is 0 Å². The molecular formula is C30H18N4O2. The highest BCUT2D eigenvalue weighted by molar-refractivity contribution is 6.20. The third-order valence-electron chi connectivity index (χ3n) is 6.42. The van der Waals surface area contributed by atoms with E-state index in [-0.39, 0.29) is 0 Å². The number of aromatic nitrogens is 4. The molecule has 0 fully saturated rings. The summed E-state index contributed by atoms with van der Waals surface area (Å²) >= 11 is 0. The van der Waals surface area contributed by atoms with Crippen molar-refractivity contribution in [3.63, 3.8) is 0 Å². The number of benzene rings is 3. The van der Waals surface area contributed by atoms with Crippen LogP contribution < -0.4 is 0 Å². The third-order valence-corrected chi connectivity index (χ3v) is 6.42. The molecule has 0 amide bonds. The number of fused-ring (bicyclic) bond motifs is 2. The summed E-state index contributed by atoms with van der Waals surface area (Å²) in [6.07, 6.45) is 9.81. The first-order valence-electron chi connectivity index (χ1n) is 11.5. The summed E-state index contributed by atoms with van der Waals surface area (Å²) in [6, 6.07) is 24.8. The van der Waals surface area contributed by atoms with E-state index in [2.05, 4.69) is 70.6 Å². The van der Waals surface area contributed by atoms with Gasteiger partial charge in [-0.05, 0) is 45.8 Å². The second-order valence-electron chi connectivity index (χ2n) is 8.45. The molecular weight excluding hydrogens is 448 g/mol. The van der Waals surface area contributed by atoms with Crippen LogP contribution in [0.1, 0.15) is 0 Å². The normalized spacial score (nSPS) is 11.3. The Morgan fingerprint density at radius 3 is 1.22 bits per heavy atom. The molecule has 6 nitrogen and oxygen atoms in total. The van der Waals surface area contributed by atoms with Crippen molar-refractivity contribution >= 4 is 21.5 Å². The fourth-order valence-electron chi connectivity index (χ4n) is 4.84. The number of hydrogen-bond acceptors (Lipinski definition) is 6. The Labute approximate surface area is 205 Å². The van der Waals surface area contributed by atoms with E-state index in [0.29, 0.717) is 0 Å². The Kier molecular flexibility index (Phi) is 4.67. The highest BCUT2D eigenvalue weighted by Gasteiger charge is 2.19. The van der Waals surface area contributed by atoms with Crippen LogP contribution in [-0.4, -0.2) is 19.9 Å². The summed E-state index contributed by atoms with van der Waals surface area (Å²) in [5.41, 5.74) is 7.35. The molecule has 0 radical (unpaired) electrons. The lowest BCUT2D eigenvalue weighted by Gasteiger charge is -2.17. The Morgan fingerprint density at radius 2 is 0.861 bits per heavy atom. The van der Waals surface area contributed by atoms with Crippen LogP contribution in [0.3, 0.4) is 0 Å². The number of nitrogens with zero attached hydrogens (tertiary/aromatic N) is 4. The van der Waals surface area contributed by atoms with E-state index in [4.69, 9.17) is 18.8 Å². The Balaban J connectivity index is 1.54. The first kappa shape index (κ1) is 20.3. The van der Waals surface area contributed by atoms with Crippen LogP contribution in [0.4, 0.5) is 0 Å². The molecule has 7 aromatic rings.